The van der Waals surface area contributed by atoms with E-state index in [-0.39, 0.29) is 11.0 Å². The van der Waals surface area contributed by atoms with Gasteiger partial charge < -0.3 is 19.5 Å². The highest BCUT2D eigenvalue weighted by atomic mass is 16.5. The molecule has 0 heterocycles. The first kappa shape index (κ1) is 17.6. The number of ether oxygens (including phenoxy) is 3. The smallest absolute Gasteiger partial charge is 0.203 e. The van der Waals surface area contributed by atoms with Gasteiger partial charge in [0, 0.05) is 17.5 Å². The van der Waals surface area contributed by atoms with Crippen LogP contribution in [0.4, 0.5) is 0 Å². The highest BCUT2D eigenvalue weighted by Crippen LogP contribution is 2.37. The van der Waals surface area contributed by atoms with E-state index >= 15 is 0 Å². The fraction of sp³-hybridized carbons (Fsp3) is 0.647. The number of benzene rings is 1. The van der Waals surface area contributed by atoms with E-state index in [4.69, 9.17) is 14.2 Å². The van der Waals surface area contributed by atoms with E-state index in [1.165, 1.54) is 0 Å². The van der Waals surface area contributed by atoms with Gasteiger partial charge in [-0.2, -0.15) is 0 Å². The molecule has 0 radical (unpaired) electrons. The molecule has 0 aromatic heterocycles. The Balaban J connectivity index is 2.74. The molecule has 0 bridgehead atoms. The van der Waals surface area contributed by atoms with Gasteiger partial charge in [-0.15, -0.1) is 0 Å². The largest absolute Gasteiger partial charge is 0.493 e. The van der Waals surface area contributed by atoms with Crippen molar-refractivity contribution in [2.75, 3.05) is 27.4 Å². The van der Waals surface area contributed by atoms with E-state index < -0.39 is 0 Å². The van der Waals surface area contributed by atoms with Crippen molar-refractivity contribution >= 4 is 0 Å². The summed E-state index contributed by atoms with van der Waals surface area (Å²) in [5.74, 6) is 2.04. The van der Waals surface area contributed by atoms with Gasteiger partial charge in [0.1, 0.15) is 0 Å². The summed E-state index contributed by atoms with van der Waals surface area (Å²) in [6.45, 7) is 12.3. The van der Waals surface area contributed by atoms with Gasteiger partial charge in [0.15, 0.2) is 11.5 Å². The van der Waals surface area contributed by atoms with Gasteiger partial charge in [0.2, 0.25) is 5.75 Å². The van der Waals surface area contributed by atoms with Crippen LogP contribution in [0.25, 0.3) is 0 Å². The Hall–Kier alpha value is -1.42. The van der Waals surface area contributed by atoms with Crippen LogP contribution < -0.4 is 19.5 Å². The topological polar surface area (TPSA) is 39.7 Å². The molecule has 0 spiro atoms. The monoisotopic (exact) mass is 295 g/mol. The first-order valence-electron chi connectivity index (χ1n) is 7.27. The second-order valence-corrected chi connectivity index (χ2v) is 7.05. The first-order valence-corrected chi connectivity index (χ1v) is 7.27. The summed E-state index contributed by atoms with van der Waals surface area (Å²) in [5, 5.41) is 3.51. The molecule has 0 aliphatic carbocycles. The normalized spacial score (nSPS) is 12.1. The average Bonchev–Trinajstić information content (AvgIpc) is 2.42. The zero-order chi connectivity index (χ0) is 16.1. The average molecular weight is 295 g/mol. The van der Waals surface area contributed by atoms with E-state index in [0.717, 1.165) is 6.54 Å². The van der Waals surface area contributed by atoms with Gasteiger partial charge >= 0.3 is 0 Å². The number of methoxy groups -OCH3 is 2. The number of rotatable bonds is 7. The zero-order valence-corrected chi connectivity index (χ0v) is 14.4. The summed E-state index contributed by atoms with van der Waals surface area (Å²) in [5.41, 5.74) is 0.0958. The maximum atomic E-state index is 5.99. The highest BCUT2D eigenvalue weighted by Gasteiger charge is 2.23. The molecule has 1 rings (SSSR count). The molecule has 0 aliphatic heterocycles. The lowest BCUT2D eigenvalue weighted by Crippen LogP contribution is -2.43. The molecule has 4 nitrogen and oxygen atoms in total. The van der Waals surface area contributed by atoms with Gasteiger partial charge in [-0.25, -0.2) is 0 Å². The summed E-state index contributed by atoms with van der Waals surface area (Å²) in [4.78, 5) is 0. The van der Waals surface area contributed by atoms with Crippen LogP contribution in [-0.4, -0.2) is 32.9 Å². The molecule has 1 aromatic carbocycles. The van der Waals surface area contributed by atoms with Gasteiger partial charge in [0.05, 0.1) is 20.8 Å². The summed E-state index contributed by atoms with van der Waals surface area (Å²) < 4.78 is 16.7. The van der Waals surface area contributed by atoms with Crippen LogP contribution >= 0.6 is 0 Å². The summed E-state index contributed by atoms with van der Waals surface area (Å²) in [7, 11) is 3.27. The molecule has 0 saturated carbocycles. The van der Waals surface area contributed by atoms with Crippen LogP contribution in [0.5, 0.6) is 17.2 Å². The van der Waals surface area contributed by atoms with Crippen molar-refractivity contribution in [2.24, 2.45) is 5.41 Å². The Bertz CT molecular complexity index is 428. The zero-order valence-electron chi connectivity index (χ0n) is 14.4. The number of hydrogen-bond donors (Lipinski definition) is 1. The summed E-state index contributed by atoms with van der Waals surface area (Å²) >= 11 is 0. The van der Waals surface area contributed by atoms with Crippen LogP contribution in [0.3, 0.4) is 0 Å². The predicted molar refractivity (Wildman–Crippen MR) is 86.6 cm³/mol. The molecule has 0 unspecified atom stereocenters. The molecule has 0 saturated heterocycles. The fourth-order valence-corrected chi connectivity index (χ4v) is 1.78. The lowest BCUT2D eigenvalue weighted by Gasteiger charge is -2.30. The minimum Gasteiger partial charge on any atom is -0.493 e. The van der Waals surface area contributed by atoms with Crippen molar-refractivity contribution in [3.63, 3.8) is 0 Å². The van der Waals surface area contributed by atoms with E-state index in [1.807, 2.05) is 18.2 Å². The van der Waals surface area contributed by atoms with Crippen molar-refractivity contribution in [3.05, 3.63) is 18.2 Å². The third-order valence-corrected chi connectivity index (χ3v) is 3.09. The SMILES string of the molecule is COc1cccc(OC)c1OCC(C)(C)CNC(C)(C)C. The molecule has 1 aromatic rings. The maximum absolute atomic E-state index is 5.99. The minimum atomic E-state index is -0.000849. The third kappa shape index (κ3) is 5.84. The number of nitrogens with one attached hydrogen (secondary N) is 1. The molecule has 0 atom stereocenters. The second-order valence-electron chi connectivity index (χ2n) is 7.05. The second kappa shape index (κ2) is 7.03. The Kier molecular flexibility index (Phi) is 5.90. The van der Waals surface area contributed by atoms with Gasteiger partial charge in [-0.1, -0.05) is 19.9 Å². The molecule has 120 valence electrons. The Morgan fingerprint density at radius 3 is 1.90 bits per heavy atom. The van der Waals surface area contributed by atoms with Crippen molar-refractivity contribution in [1.29, 1.82) is 0 Å². The van der Waals surface area contributed by atoms with Gasteiger partial charge in [0.25, 0.3) is 0 Å². The molecule has 0 aliphatic rings. The van der Waals surface area contributed by atoms with Crippen LogP contribution in [0.2, 0.25) is 0 Å². The molecular formula is C17H29NO3. The minimum absolute atomic E-state index is 0.000849. The van der Waals surface area contributed by atoms with Gasteiger partial charge in [-0.3, -0.25) is 0 Å². The number of para-hydroxylation sites is 1. The Morgan fingerprint density at radius 1 is 0.952 bits per heavy atom. The fourth-order valence-electron chi connectivity index (χ4n) is 1.78. The Morgan fingerprint density at radius 2 is 1.48 bits per heavy atom. The molecule has 21 heavy (non-hydrogen) atoms. The molecule has 0 fully saturated rings. The third-order valence-electron chi connectivity index (χ3n) is 3.09. The number of hydrogen-bond acceptors (Lipinski definition) is 4. The lowest BCUT2D eigenvalue weighted by atomic mass is 9.93. The lowest BCUT2D eigenvalue weighted by molar-refractivity contribution is 0.157. The Labute approximate surface area is 128 Å². The van der Waals surface area contributed by atoms with Crippen LogP contribution in [0, 0.1) is 5.41 Å². The van der Waals surface area contributed by atoms with Crippen molar-refractivity contribution < 1.29 is 14.2 Å². The standard InChI is InChI=1S/C17H29NO3/c1-16(2,3)18-11-17(4,5)12-21-15-13(19-6)9-8-10-14(15)20-7/h8-10,18H,11-12H2,1-7H3. The molecule has 4 heteroatoms. The highest BCUT2D eigenvalue weighted by molar-refractivity contribution is 5.51. The first-order chi connectivity index (χ1) is 9.68. The van der Waals surface area contributed by atoms with Crippen molar-refractivity contribution in [1.82, 2.24) is 5.32 Å². The quantitative estimate of drug-likeness (QED) is 0.836. The van der Waals surface area contributed by atoms with Crippen LogP contribution in [-0.2, 0) is 0 Å². The van der Waals surface area contributed by atoms with E-state index in [9.17, 15) is 0 Å². The molecular weight excluding hydrogens is 266 g/mol. The summed E-state index contributed by atoms with van der Waals surface area (Å²) in [6.07, 6.45) is 0. The van der Waals surface area contributed by atoms with Crippen molar-refractivity contribution in [3.8, 4) is 17.2 Å². The van der Waals surface area contributed by atoms with Crippen LogP contribution in [0.1, 0.15) is 34.6 Å². The molecule has 0 amide bonds. The predicted octanol–water partition coefficient (Wildman–Crippen LogP) is 3.50. The molecule has 1 N–H and O–H groups in total. The van der Waals surface area contributed by atoms with E-state index in [0.29, 0.717) is 23.9 Å². The van der Waals surface area contributed by atoms with Crippen LogP contribution in [0.15, 0.2) is 18.2 Å². The van der Waals surface area contributed by atoms with E-state index in [1.54, 1.807) is 14.2 Å². The summed E-state index contributed by atoms with van der Waals surface area (Å²) in [6, 6.07) is 5.63. The van der Waals surface area contributed by atoms with Crippen molar-refractivity contribution in [2.45, 2.75) is 40.2 Å². The maximum Gasteiger partial charge on any atom is 0.203 e. The van der Waals surface area contributed by atoms with E-state index in [2.05, 4.69) is 39.9 Å². The van der Waals surface area contributed by atoms with Gasteiger partial charge in [-0.05, 0) is 32.9 Å².